The molecule has 2 aromatic heterocycles. The van der Waals surface area contributed by atoms with Crippen LogP contribution < -0.4 is 10.6 Å². The second-order valence-electron chi connectivity index (χ2n) is 8.22. The Kier molecular flexibility index (Phi) is 7.74. The predicted molar refractivity (Wildman–Crippen MR) is 134 cm³/mol. The van der Waals surface area contributed by atoms with Gasteiger partial charge >= 0.3 is 5.97 Å². The van der Waals surface area contributed by atoms with Crippen LogP contribution in [0.15, 0.2) is 59.2 Å². The Labute approximate surface area is 210 Å². The molecule has 4 aromatic rings. The van der Waals surface area contributed by atoms with Crippen LogP contribution in [0.4, 0.5) is 4.39 Å². The minimum atomic E-state index is -0.940. The molecule has 186 valence electrons. The van der Waals surface area contributed by atoms with Crippen LogP contribution in [0.3, 0.4) is 0 Å². The first-order valence-electron chi connectivity index (χ1n) is 11.3. The monoisotopic (exact) mass is 509 g/mol. The molecule has 2 heterocycles. The van der Waals surface area contributed by atoms with Gasteiger partial charge in [0.2, 0.25) is 0 Å². The van der Waals surface area contributed by atoms with E-state index in [0.29, 0.717) is 44.8 Å². The van der Waals surface area contributed by atoms with E-state index in [1.165, 1.54) is 29.7 Å². The first-order valence-corrected chi connectivity index (χ1v) is 12.1. The van der Waals surface area contributed by atoms with E-state index >= 15 is 0 Å². The summed E-state index contributed by atoms with van der Waals surface area (Å²) in [7, 11) is 0. The summed E-state index contributed by atoms with van der Waals surface area (Å²) in [6.07, 6.45) is 2.09. The number of amides is 2. The number of carboxylic acid groups (broad SMARTS) is 1. The summed E-state index contributed by atoms with van der Waals surface area (Å²) < 4.78 is 18.7. The highest BCUT2D eigenvalue weighted by Crippen LogP contribution is 2.30. The summed E-state index contributed by atoms with van der Waals surface area (Å²) in [5.41, 5.74) is 1.88. The molecule has 4 rings (SSSR count). The van der Waals surface area contributed by atoms with Crippen molar-refractivity contribution in [1.29, 1.82) is 0 Å². The van der Waals surface area contributed by atoms with Gasteiger partial charge in [0.05, 0.1) is 21.7 Å². The third kappa shape index (κ3) is 5.95. The van der Waals surface area contributed by atoms with E-state index in [1.54, 1.807) is 43.3 Å². The Morgan fingerprint density at radius 3 is 2.64 bits per heavy atom. The topological polar surface area (TPSA) is 122 Å². The largest absolute Gasteiger partial charge is 0.481 e. The Morgan fingerprint density at radius 2 is 1.89 bits per heavy atom. The number of nitrogens with one attached hydrogen (secondary N) is 2. The Hall–Kier alpha value is -4.05. The number of aryl methyl sites for hydroxylation is 1. The van der Waals surface area contributed by atoms with Crippen LogP contribution in [-0.2, 0) is 4.79 Å². The molecule has 0 saturated carbocycles. The minimum Gasteiger partial charge on any atom is -0.481 e. The van der Waals surface area contributed by atoms with E-state index in [4.69, 9.17) is 9.52 Å². The van der Waals surface area contributed by atoms with Crippen molar-refractivity contribution in [1.82, 2.24) is 15.6 Å². The highest BCUT2D eigenvalue weighted by Gasteiger charge is 2.22. The molecule has 3 N–H and O–H groups in total. The number of aromatic nitrogens is 1. The van der Waals surface area contributed by atoms with Crippen LogP contribution >= 0.6 is 11.3 Å². The smallest absolute Gasteiger partial charge is 0.303 e. The zero-order valence-corrected chi connectivity index (χ0v) is 20.2. The molecule has 0 aliphatic heterocycles. The summed E-state index contributed by atoms with van der Waals surface area (Å²) in [4.78, 5) is 42.0. The minimum absolute atomic E-state index is 0.0642. The molecular weight excluding hydrogens is 485 g/mol. The lowest BCUT2D eigenvalue weighted by Crippen LogP contribution is -2.44. The van der Waals surface area contributed by atoms with E-state index in [2.05, 4.69) is 15.6 Å². The van der Waals surface area contributed by atoms with Crippen LogP contribution in [0, 0.1) is 12.7 Å². The number of halogens is 1. The van der Waals surface area contributed by atoms with Crippen LogP contribution in [-0.4, -0.2) is 40.5 Å². The molecule has 0 saturated heterocycles. The van der Waals surface area contributed by atoms with Crippen LogP contribution in [0.5, 0.6) is 0 Å². The molecule has 0 aliphatic carbocycles. The van der Waals surface area contributed by atoms with Gasteiger partial charge < -0.3 is 20.2 Å². The molecule has 0 unspecified atom stereocenters. The second-order valence-corrected chi connectivity index (χ2v) is 9.43. The number of furan rings is 1. The molecule has 0 bridgehead atoms. The second kappa shape index (κ2) is 11.1. The number of nitrogens with zero attached hydrogens (tertiary/aromatic N) is 1. The van der Waals surface area contributed by atoms with E-state index in [9.17, 15) is 18.8 Å². The Bertz CT molecular complexity index is 1400. The van der Waals surface area contributed by atoms with Crippen LogP contribution in [0.25, 0.3) is 21.4 Å². The number of carbonyl (C=O) groups excluding carboxylic acids is 2. The van der Waals surface area contributed by atoms with Gasteiger partial charge in [-0.1, -0.05) is 18.2 Å². The maximum atomic E-state index is 13.4. The van der Waals surface area contributed by atoms with Crippen LogP contribution in [0.2, 0.25) is 0 Å². The van der Waals surface area contributed by atoms with Crippen LogP contribution in [0.1, 0.15) is 45.1 Å². The van der Waals surface area contributed by atoms with Crippen molar-refractivity contribution in [3.63, 3.8) is 0 Å². The fourth-order valence-electron chi connectivity index (χ4n) is 3.86. The molecule has 2 aromatic carbocycles. The lowest BCUT2D eigenvalue weighted by Gasteiger charge is -2.19. The number of aliphatic carboxylic acids is 1. The average molecular weight is 510 g/mol. The molecule has 0 spiro atoms. The first-order chi connectivity index (χ1) is 17.3. The summed E-state index contributed by atoms with van der Waals surface area (Å²) >= 11 is 1.32. The molecular formula is C26H24FN3O5S. The molecule has 2 amide bonds. The molecule has 1 atom stereocenters. The fraction of sp³-hybridized carbons (Fsp3) is 0.231. The predicted octanol–water partition coefficient (Wildman–Crippen LogP) is 4.79. The van der Waals surface area contributed by atoms with Gasteiger partial charge in [0.15, 0.2) is 0 Å². The summed E-state index contributed by atoms with van der Waals surface area (Å²) in [6.45, 7) is 1.86. The highest BCUT2D eigenvalue weighted by atomic mass is 32.1. The van der Waals surface area contributed by atoms with Crippen molar-refractivity contribution in [3.05, 3.63) is 76.9 Å². The van der Waals surface area contributed by atoms with Gasteiger partial charge in [-0.15, -0.1) is 11.3 Å². The number of carbonyl (C=O) groups is 3. The van der Waals surface area contributed by atoms with Crippen molar-refractivity contribution in [2.75, 3.05) is 6.54 Å². The zero-order valence-electron chi connectivity index (χ0n) is 19.4. The quantitative estimate of drug-likeness (QED) is 0.283. The Morgan fingerprint density at radius 1 is 1.11 bits per heavy atom. The molecule has 0 fully saturated rings. The van der Waals surface area contributed by atoms with Gasteiger partial charge in [-0.2, -0.15) is 0 Å². The third-order valence-corrected chi connectivity index (χ3v) is 6.60. The summed E-state index contributed by atoms with van der Waals surface area (Å²) in [5, 5.41) is 16.1. The van der Waals surface area contributed by atoms with Gasteiger partial charge in [0, 0.05) is 24.4 Å². The normalized spacial score (nSPS) is 11.8. The van der Waals surface area contributed by atoms with Gasteiger partial charge in [-0.3, -0.25) is 14.4 Å². The number of rotatable bonds is 10. The maximum Gasteiger partial charge on any atom is 0.303 e. The van der Waals surface area contributed by atoms with Crippen molar-refractivity contribution < 1.29 is 28.3 Å². The van der Waals surface area contributed by atoms with Gasteiger partial charge in [0.1, 0.15) is 17.1 Å². The summed E-state index contributed by atoms with van der Waals surface area (Å²) in [6, 6.07) is 12.1. The van der Waals surface area contributed by atoms with Gasteiger partial charge in [0.25, 0.3) is 11.8 Å². The summed E-state index contributed by atoms with van der Waals surface area (Å²) in [5.74, 6) is -2.11. The number of hydrogen-bond donors (Lipinski definition) is 3. The molecule has 8 nitrogen and oxygen atoms in total. The SMILES string of the molecule is Cc1nc(C(=O)N[C@@H](CCCC(=O)O)CNC(=O)c2cccc3occc23)c(-c2ccc(F)cc2)s1. The molecule has 10 heteroatoms. The van der Waals surface area contributed by atoms with E-state index in [1.807, 2.05) is 0 Å². The van der Waals surface area contributed by atoms with Crippen molar-refractivity contribution in [2.24, 2.45) is 0 Å². The number of fused-ring (bicyclic) bond motifs is 1. The van der Waals surface area contributed by atoms with E-state index < -0.39 is 17.9 Å². The molecule has 0 aliphatic rings. The van der Waals surface area contributed by atoms with Crippen molar-refractivity contribution in [2.45, 2.75) is 32.2 Å². The standard InChI is InChI=1S/C26H24FN3O5S/c1-15-29-23(24(36-15)16-8-10-17(27)11-9-16)26(34)30-18(4-2-7-22(31)32)14-28-25(33)20-5-3-6-21-19(20)12-13-35-21/h3,5-6,8-13,18H,2,4,7,14H2,1H3,(H,28,33)(H,30,34)(H,31,32)/t18-/m0/s1. The number of thiazole rings is 1. The van der Waals surface area contributed by atoms with Crippen molar-refractivity contribution in [3.8, 4) is 10.4 Å². The lowest BCUT2D eigenvalue weighted by molar-refractivity contribution is -0.137. The lowest BCUT2D eigenvalue weighted by atomic mass is 10.1. The Balaban J connectivity index is 1.49. The third-order valence-electron chi connectivity index (χ3n) is 5.58. The van der Waals surface area contributed by atoms with E-state index in [-0.39, 0.29) is 30.4 Å². The van der Waals surface area contributed by atoms with E-state index in [0.717, 1.165) is 0 Å². The maximum absolute atomic E-state index is 13.4. The van der Waals surface area contributed by atoms with Gasteiger partial charge in [-0.25, -0.2) is 9.37 Å². The zero-order chi connectivity index (χ0) is 25.7. The number of hydrogen-bond acceptors (Lipinski definition) is 6. The average Bonchev–Trinajstić information content (AvgIpc) is 3.49. The highest BCUT2D eigenvalue weighted by molar-refractivity contribution is 7.15. The number of carboxylic acids is 1. The molecule has 36 heavy (non-hydrogen) atoms. The molecule has 0 radical (unpaired) electrons. The van der Waals surface area contributed by atoms with Gasteiger partial charge in [-0.05, 0) is 55.7 Å². The fourth-order valence-corrected chi connectivity index (χ4v) is 4.78. The first kappa shape index (κ1) is 25.1. The number of benzene rings is 2. The van der Waals surface area contributed by atoms with Crippen molar-refractivity contribution >= 4 is 40.1 Å².